The molecule has 0 amide bonds. The summed E-state index contributed by atoms with van der Waals surface area (Å²) in [5.74, 6) is 1.73. The van der Waals surface area contributed by atoms with E-state index < -0.39 is 0 Å². The lowest BCUT2D eigenvalue weighted by molar-refractivity contribution is 0.251. The molecule has 1 aliphatic heterocycles. The van der Waals surface area contributed by atoms with E-state index in [0.717, 1.165) is 24.3 Å². The monoisotopic (exact) mass is 230 g/mol. The summed E-state index contributed by atoms with van der Waals surface area (Å²) in [7, 11) is 2.18. The standard InChI is InChI=1S/C13H18N4/c1-16-6-4-10(5-7-16)13-15-8-12-3-2-11(14)9-17(12)13/h2-3,8-10H,4-7,14H2,1H3. The maximum absolute atomic E-state index is 5.85. The van der Waals surface area contributed by atoms with Crippen LogP contribution in [0.25, 0.3) is 5.52 Å². The molecule has 1 fully saturated rings. The molecular formula is C13H18N4. The quantitative estimate of drug-likeness (QED) is 0.811. The second-order valence-electron chi connectivity index (χ2n) is 4.95. The first kappa shape index (κ1) is 10.6. The van der Waals surface area contributed by atoms with Gasteiger partial charge in [-0.3, -0.25) is 0 Å². The summed E-state index contributed by atoms with van der Waals surface area (Å²) in [4.78, 5) is 6.95. The lowest BCUT2D eigenvalue weighted by Gasteiger charge is -2.28. The number of piperidine rings is 1. The highest BCUT2D eigenvalue weighted by atomic mass is 15.1. The molecule has 3 rings (SSSR count). The fraction of sp³-hybridized carbons (Fsp3) is 0.462. The highest BCUT2D eigenvalue weighted by molar-refractivity contribution is 5.52. The van der Waals surface area contributed by atoms with Gasteiger partial charge >= 0.3 is 0 Å². The van der Waals surface area contributed by atoms with Crippen LogP contribution in [0.1, 0.15) is 24.6 Å². The first-order valence-electron chi connectivity index (χ1n) is 6.15. The molecule has 0 bridgehead atoms. The largest absolute Gasteiger partial charge is 0.398 e. The molecular weight excluding hydrogens is 212 g/mol. The molecule has 1 aliphatic rings. The van der Waals surface area contributed by atoms with Gasteiger partial charge in [0.25, 0.3) is 0 Å². The first-order chi connectivity index (χ1) is 8.24. The second kappa shape index (κ2) is 4.04. The van der Waals surface area contributed by atoms with Crippen molar-refractivity contribution in [1.29, 1.82) is 0 Å². The van der Waals surface area contributed by atoms with E-state index in [0.29, 0.717) is 5.92 Å². The Balaban J connectivity index is 1.97. The predicted octanol–water partition coefficient (Wildman–Crippen LogP) is 1.73. The Labute approximate surface area is 101 Å². The van der Waals surface area contributed by atoms with Crippen LogP contribution in [0.15, 0.2) is 24.5 Å². The Morgan fingerprint density at radius 2 is 2.06 bits per heavy atom. The van der Waals surface area contributed by atoms with Crippen molar-refractivity contribution in [2.24, 2.45) is 0 Å². The van der Waals surface area contributed by atoms with Crippen LogP contribution in [-0.2, 0) is 0 Å². The van der Waals surface area contributed by atoms with Gasteiger partial charge in [-0.05, 0) is 45.1 Å². The molecule has 0 radical (unpaired) electrons. The van der Waals surface area contributed by atoms with Crippen molar-refractivity contribution >= 4 is 11.2 Å². The van der Waals surface area contributed by atoms with Gasteiger partial charge in [-0.1, -0.05) is 0 Å². The highest BCUT2D eigenvalue weighted by Crippen LogP contribution is 2.27. The smallest absolute Gasteiger partial charge is 0.116 e. The summed E-state index contributed by atoms with van der Waals surface area (Å²) in [5.41, 5.74) is 7.78. The van der Waals surface area contributed by atoms with Crippen molar-refractivity contribution < 1.29 is 0 Å². The van der Waals surface area contributed by atoms with Crippen LogP contribution in [0.4, 0.5) is 5.69 Å². The zero-order valence-corrected chi connectivity index (χ0v) is 10.1. The number of likely N-dealkylation sites (tertiary alicyclic amines) is 1. The fourth-order valence-corrected chi connectivity index (χ4v) is 2.60. The van der Waals surface area contributed by atoms with Gasteiger partial charge in [-0.2, -0.15) is 0 Å². The van der Waals surface area contributed by atoms with Gasteiger partial charge < -0.3 is 15.0 Å². The number of hydrogen-bond donors (Lipinski definition) is 1. The summed E-state index contributed by atoms with van der Waals surface area (Å²) in [6.45, 7) is 2.31. The molecule has 0 aromatic carbocycles. The molecule has 2 aromatic rings. The molecule has 0 atom stereocenters. The van der Waals surface area contributed by atoms with Gasteiger partial charge in [-0.15, -0.1) is 0 Å². The number of fused-ring (bicyclic) bond motifs is 1. The van der Waals surface area contributed by atoms with Crippen LogP contribution in [-0.4, -0.2) is 34.4 Å². The summed E-state index contributed by atoms with van der Waals surface area (Å²) in [6.07, 6.45) is 6.29. The number of pyridine rings is 1. The maximum atomic E-state index is 5.85. The van der Waals surface area contributed by atoms with Crippen molar-refractivity contribution in [3.8, 4) is 0 Å². The van der Waals surface area contributed by atoms with Crippen LogP contribution in [0, 0.1) is 0 Å². The number of imidazole rings is 1. The Bertz CT molecular complexity index is 523. The van der Waals surface area contributed by atoms with Crippen molar-refractivity contribution in [3.05, 3.63) is 30.4 Å². The Morgan fingerprint density at radius 3 is 2.82 bits per heavy atom. The minimum absolute atomic E-state index is 0.565. The fourth-order valence-electron chi connectivity index (χ4n) is 2.60. The Kier molecular flexibility index (Phi) is 2.52. The van der Waals surface area contributed by atoms with E-state index in [1.165, 1.54) is 18.7 Å². The molecule has 3 heterocycles. The molecule has 0 aliphatic carbocycles. The summed E-state index contributed by atoms with van der Waals surface area (Å²) in [6, 6.07) is 3.95. The average molecular weight is 230 g/mol. The lowest BCUT2D eigenvalue weighted by atomic mass is 9.96. The molecule has 1 saturated heterocycles. The number of hydrogen-bond acceptors (Lipinski definition) is 3. The van der Waals surface area contributed by atoms with Crippen molar-refractivity contribution in [2.45, 2.75) is 18.8 Å². The number of aromatic nitrogens is 2. The zero-order chi connectivity index (χ0) is 11.8. The predicted molar refractivity (Wildman–Crippen MR) is 69.1 cm³/mol. The van der Waals surface area contributed by atoms with E-state index in [2.05, 4.69) is 21.3 Å². The summed E-state index contributed by atoms with van der Waals surface area (Å²) < 4.78 is 2.14. The van der Waals surface area contributed by atoms with Crippen LogP contribution < -0.4 is 5.73 Å². The normalized spacial score (nSPS) is 18.9. The minimum Gasteiger partial charge on any atom is -0.398 e. The average Bonchev–Trinajstić information content (AvgIpc) is 2.73. The van der Waals surface area contributed by atoms with E-state index in [4.69, 9.17) is 5.73 Å². The second-order valence-corrected chi connectivity index (χ2v) is 4.95. The maximum Gasteiger partial charge on any atom is 0.116 e. The van der Waals surface area contributed by atoms with E-state index in [-0.39, 0.29) is 0 Å². The molecule has 4 heteroatoms. The van der Waals surface area contributed by atoms with E-state index in [1.807, 2.05) is 24.5 Å². The number of nitrogens with zero attached hydrogens (tertiary/aromatic N) is 3. The third kappa shape index (κ3) is 1.89. The highest BCUT2D eigenvalue weighted by Gasteiger charge is 2.21. The first-order valence-corrected chi connectivity index (χ1v) is 6.15. The van der Waals surface area contributed by atoms with Crippen LogP contribution in [0.5, 0.6) is 0 Å². The topological polar surface area (TPSA) is 46.6 Å². The minimum atomic E-state index is 0.565. The molecule has 4 nitrogen and oxygen atoms in total. The van der Waals surface area contributed by atoms with Crippen LogP contribution >= 0.6 is 0 Å². The lowest BCUT2D eigenvalue weighted by Crippen LogP contribution is -2.29. The summed E-state index contributed by atoms with van der Waals surface area (Å²) >= 11 is 0. The summed E-state index contributed by atoms with van der Waals surface area (Å²) in [5, 5.41) is 0. The number of nitrogen functional groups attached to an aromatic ring is 1. The third-order valence-corrected chi connectivity index (χ3v) is 3.66. The Hall–Kier alpha value is -1.55. The van der Waals surface area contributed by atoms with Crippen molar-refractivity contribution in [2.75, 3.05) is 25.9 Å². The van der Waals surface area contributed by atoms with E-state index >= 15 is 0 Å². The molecule has 2 N–H and O–H groups in total. The van der Waals surface area contributed by atoms with Gasteiger partial charge in [0.05, 0.1) is 11.7 Å². The Morgan fingerprint density at radius 1 is 1.29 bits per heavy atom. The zero-order valence-electron chi connectivity index (χ0n) is 10.1. The third-order valence-electron chi connectivity index (χ3n) is 3.66. The molecule has 0 saturated carbocycles. The number of nitrogens with two attached hydrogens (primary N) is 1. The number of anilines is 1. The van der Waals surface area contributed by atoms with Crippen LogP contribution in [0.2, 0.25) is 0 Å². The van der Waals surface area contributed by atoms with Gasteiger partial charge in [-0.25, -0.2) is 4.98 Å². The molecule has 2 aromatic heterocycles. The van der Waals surface area contributed by atoms with Gasteiger partial charge in [0.1, 0.15) is 5.82 Å². The van der Waals surface area contributed by atoms with Gasteiger partial charge in [0.2, 0.25) is 0 Å². The molecule has 17 heavy (non-hydrogen) atoms. The molecule has 0 spiro atoms. The van der Waals surface area contributed by atoms with E-state index in [9.17, 15) is 0 Å². The van der Waals surface area contributed by atoms with Gasteiger partial charge in [0.15, 0.2) is 0 Å². The molecule has 90 valence electrons. The van der Waals surface area contributed by atoms with Crippen molar-refractivity contribution in [3.63, 3.8) is 0 Å². The number of rotatable bonds is 1. The molecule has 0 unspecified atom stereocenters. The SMILES string of the molecule is CN1CCC(c2ncc3ccc(N)cn23)CC1. The van der Waals surface area contributed by atoms with Gasteiger partial charge in [0, 0.05) is 17.8 Å². The van der Waals surface area contributed by atoms with Crippen molar-refractivity contribution in [1.82, 2.24) is 14.3 Å². The van der Waals surface area contributed by atoms with Crippen LogP contribution in [0.3, 0.4) is 0 Å². The van der Waals surface area contributed by atoms with E-state index in [1.54, 1.807) is 0 Å².